The lowest BCUT2D eigenvalue weighted by Crippen LogP contribution is -2.61. The highest BCUT2D eigenvalue weighted by Gasteiger charge is 2.41. The molecule has 1 aliphatic rings. The van der Waals surface area contributed by atoms with E-state index in [1.807, 2.05) is 13.8 Å². The number of amides is 10. The number of nitrogens with two attached hydrogens (primary N) is 3. The minimum atomic E-state index is -1.98. The normalized spacial score (nSPS) is 15.7. The van der Waals surface area contributed by atoms with Crippen LogP contribution >= 0.6 is 0 Å². The van der Waals surface area contributed by atoms with Crippen LogP contribution in [0.2, 0.25) is 0 Å². The minimum absolute atomic E-state index is 0.00686. The van der Waals surface area contributed by atoms with E-state index in [9.17, 15) is 73.2 Å². The van der Waals surface area contributed by atoms with Crippen molar-refractivity contribution in [1.29, 1.82) is 0 Å². The zero-order valence-corrected chi connectivity index (χ0v) is 53.9. The summed E-state index contributed by atoms with van der Waals surface area (Å²) in [6, 6.07) is 11.9. The molecule has 2 heterocycles. The van der Waals surface area contributed by atoms with Gasteiger partial charge in [0.1, 0.15) is 65.9 Å². The first-order valence-electron chi connectivity index (χ1n) is 31.7. The summed E-state index contributed by atoms with van der Waals surface area (Å²) in [5, 5.41) is 61.4. The molecule has 29 heteroatoms. The monoisotopic (exact) mass is 1330 g/mol. The van der Waals surface area contributed by atoms with Crippen LogP contribution in [-0.4, -0.2) is 175 Å². The molecule has 19 N–H and O–H groups in total. The molecule has 1 fully saturated rings. The highest BCUT2D eigenvalue weighted by Crippen LogP contribution is 2.23. The fraction of sp³-hybridized carbons (Fsp3) is 0.433. The number of carboxylic acids is 2. The summed E-state index contributed by atoms with van der Waals surface area (Å²) in [6.45, 7) is 7.33. The summed E-state index contributed by atoms with van der Waals surface area (Å²) in [6.07, 6.45) is -0.593. The third-order valence-electron chi connectivity index (χ3n) is 16.2. The number of carbonyl (C=O) groups is 12. The molecule has 10 amide bonds. The molecular formula is C67H87N13O16. The van der Waals surface area contributed by atoms with Crippen molar-refractivity contribution < 1.29 is 78.0 Å². The number of hydrogen-bond donors (Lipinski definition) is 16. The summed E-state index contributed by atoms with van der Waals surface area (Å²) in [5.74, 6) is -13.2. The maximum Gasteiger partial charge on any atom is 0.326 e. The van der Waals surface area contributed by atoms with Gasteiger partial charge in [0, 0.05) is 49.3 Å². The van der Waals surface area contributed by atoms with Crippen molar-refractivity contribution in [2.75, 3.05) is 13.1 Å². The first-order valence-corrected chi connectivity index (χ1v) is 31.7. The van der Waals surface area contributed by atoms with E-state index in [2.05, 4.69) is 47.5 Å². The van der Waals surface area contributed by atoms with Gasteiger partial charge in [-0.3, -0.25) is 52.7 Å². The van der Waals surface area contributed by atoms with Crippen molar-refractivity contribution in [2.24, 2.45) is 29.0 Å². The Hall–Kier alpha value is -10.4. The zero-order chi connectivity index (χ0) is 70.3. The maximum absolute atomic E-state index is 15.1. The van der Waals surface area contributed by atoms with Crippen molar-refractivity contribution in [1.82, 2.24) is 52.4 Å². The van der Waals surface area contributed by atoms with Crippen LogP contribution in [0.5, 0.6) is 11.5 Å². The number of rotatable bonds is 36. The number of carbonyl (C=O) groups excluding carboxylic acids is 10. The summed E-state index contributed by atoms with van der Waals surface area (Å²) in [5.41, 5.74) is 20.0. The molecule has 5 aromatic rings. The third kappa shape index (κ3) is 22.4. The summed E-state index contributed by atoms with van der Waals surface area (Å²) in [7, 11) is 0. The van der Waals surface area contributed by atoms with Gasteiger partial charge in [-0.2, -0.15) is 0 Å². The molecule has 0 unspecified atom stereocenters. The lowest BCUT2D eigenvalue weighted by Gasteiger charge is -2.31. The average molecular weight is 1330 g/mol. The molecule has 0 saturated carbocycles. The molecule has 1 saturated heterocycles. The molecule has 29 nitrogen and oxygen atoms in total. The van der Waals surface area contributed by atoms with E-state index in [4.69, 9.17) is 17.2 Å². The molecular weight excluding hydrogens is 1240 g/mol. The second kappa shape index (κ2) is 35.7. The Bertz CT molecular complexity index is 3550. The number of benzene rings is 4. The number of likely N-dealkylation sites (tertiary alicyclic amines) is 1. The maximum atomic E-state index is 15.1. The molecule has 1 aliphatic heterocycles. The number of nitrogens with one attached hydrogen (secondary N) is 9. The van der Waals surface area contributed by atoms with E-state index in [0.717, 1.165) is 0 Å². The number of primary amides is 1. The number of aromatic nitrogens is 1. The largest absolute Gasteiger partial charge is 0.508 e. The highest BCUT2D eigenvalue weighted by molar-refractivity contribution is 6.00. The Kier molecular flexibility index (Phi) is 27.8. The zero-order valence-electron chi connectivity index (χ0n) is 53.9. The smallest absolute Gasteiger partial charge is 0.326 e. The van der Waals surface area contributed by atoms with Crippen LogP contribution in [0, 0.1) is 11.8 Å². The molecule has 6 rings (SSSR count). The highest BCUT2D eigenvalue weighted by atomic mass is 16.4. The number of phenols is 2. The molecule has 10 atom stereocenters. The van der Waals surface area contributed by atoms with Crippen molar-refractivity contribution in [2.45, 2.75) is 159 Å². The summed E-state index contributed by atoms with van der Waals surface area (Å²) in [4.78, 5) is 171. The van der Waals surface area contributed by atoms with Crippen molar-refractivity contribution in [3.63, 3.8) is 0 Å². The second-order valence-corrected chi connectivity index (χ2v) is 24.6. The first-order chi connectivity index (χ1) is 45.6. The van der Waals surface area contributed by atoms with Crippen LogP contribution in [0.25, 0.3) is 10.9 Å². The molecule has 0 aliphatic carbocycles. The Balaban J connectivity index is 1.25. The van der Waals surface area contributed by atoms with E-state index >= 15 is 4.79 Å². The summed E-state index contributed by atoms with van der Waals surface area (Å²) < 4.78 is 0. The fourth-order valence-electron chi connectivity index (χ4n) is 11.0. The van der Waals surface area contributed by atoms with E-state index in [-0.39, 0.29) is 87.8 Å². The van der Waals surface area contributed by atoms with Gasteiger partial charge in [0.2, 0.25) is 59.1 Å². The Morgan fingerprint density at radius 1 is 0.542 bits per heavy atom. The van der Waals surface area contributed by atoms with Gasteiger partial charge in [-0.25, -0.2) is 4.79 Å². The lowest BCUT2D eigenvalue weighted by molar-refractivity contribution is -0.144. The number of aromatic amines is 1. The van der Waals surface area contributed by atoms with Crippen molar-refractivity contribution in [3.8, 4) is 11.5 Å². The minimum Gasteiger partial charge on any atom is -0.508 e. The van der Waals surface area contributed by atoms with Crippen molar-refractivity contribution >= 4 is 81.9 Å². The number of phenolic OH excluding ortho intramolecular Hbond substituents is 2. The Labute approximate surface area is 554 Å². The lowest BCUT2D eigenvalue weighted by atomic mass is 9.99. The molecule has 516 valence electrons. The van der Waals surface area contributed by atoms with E-state index in [1.54, 1.807) is 74.6 Å². The number of aliphatic carboxylic acids is 2. The van der Waals surface area contributed by atoms with Crippen LogP contribution in [0.15, 0.2) is 109 Å². The molecule has 0 radical (unpaired) electrons. The van der Waals surface area contributed by atoms with Crippen LogP contribution in [0.1, 0.15) is 94.9 Å². The number of nitrogens with zero attached hydrogens (tertiary/aromatic N) is 1. The number of aromatic hydroxyl groups is 2. The standard InChI is InChI=1S/C67H87N13O16/c1-36(2)28-47(73-58(86)46(16-10-26-68)72-65(93)57(70)37(3)4)59(87)78-52(31-40-20-24-43(82)25-21-40)66(94)80-27-11-17-54(80)64(92)77-49(29-38-12-6-5-7-13-38)61(89)74-48(30-39-18-22-42(81)23-19-39)60(88)75-50(33-55(69)83)62(90)76-51(34-56(84)85)63(91)79-53(67(95)96)32-41-35-71-45-15-9-8-14-44(41)45/h5-9,12-15,18-25,35-37,46-54,57,71,81-82H,10-11,16-17,26-34,68,70H2,1-4H3,(H2,69,83)(H,72,93)(H,73,86)(H,74,89)(H,75,88)(H,76,90)(H,77,92)(H,78,87)(H,79,91)(H,84,85)(H,95,96)/t46-,47-,48-,49-,50-,51-,52-,53-,54-,57-/m0/s1. The second-order valence-electron chi connectivity index (χ2n) is 24.6. The molecule has 96 heavy (non-hydrogen) atoms. The summed E-state index contributed by atoms with van der Waals surface area (Å²) >= 11 is 0. The van der Waals surface area contributed by atoms with Gasteiger partial charge in [0.05, 0.1) is 18.9 Å². The van der Waals surface area contributed by atoms with Crippen LogP contribution in [0.3, 0.4) is 0 Å². The molecule has 1 aromatic heterocycles. The topological polar surface area (TPSA) is 479 Å². The average Bonchev–Trinajstić information content (AvgIpc) is 1.59. The van der Waals surface area contributed by atoms with Gasteiger partial charge in [-0.1, -0.05) is 100 Å². The SMILES string of the molecule is CC(C)C[C@H](NC(=O)[C@H](CCCN)NC(=O)[C@@H](N)C(C)C)C(=O)N[C@@H](Cc1ccc(O)cc1)C(=O)N1CCC[C@H]1C(=O)N[C@@H](Cc1ccccc1)C(=O)N[C@@H](Cc1ccc(O)cc1)C(=O)N[C@@H](CC(N)=O)C(=O)N[C@@H](CC(=O)O)C(=O)N[C@@H](Cc1c[nH]c2ccccc12)C(=O)O. The first kappa shape index (κ1) is 74.6. The molecule has 4 aromatic carbocycles. The predicted molar refractivity (Wildman–Crippen MR) is 350 cm³/mol. The Morgan fingerprint density at radius 3 is 1.56 bits per heavy atom. The predicted octanol–water partition coefficient (Wildman–Crippen LogP) is -0.0779. The Morgan fingerprint density at radius 2 is 1.01 bits per heavy atom. The quantitative estimate of drug-likeness (QED) is 0.0249. The molecule has 0 bridgehead atoms. The van der Waals surface area contributed by atoms with Crippen LogP contribution in [0.4, 0.5) is 0 Å². The van der Waals surface area contributed by atoms with E-state index < -0.39 is 144 Å². The number of para-hydroxylation sites is 1. The van der Waals surface area contributed by atoms with Gasteiger partial charge in [0.15, 0.2) is 0 Å². The number of H-pyrrole nitrogens is 1. The van der Waals surface area contributed by atoms with Gasteiger partial charge in [-0.15, -0.1) is 0 Å². The van der Waals surface area contributed by atoms with E-state index in [1.165, 1.54) is 53.4 Å². The van der Waals surface area contributed by atoms with Crippen molar-refractivity contribution in [3.05, 3.63) is 132 Å². The van der Waals surface area contributed by atoms with E-state index in [0.29, 0.717) is 39.6 Å². The van der Waals surface area contributed by atoms with Gasteiger partial charge >= 0.3 is 11.9 Å². The third-order valence-corrected chi connectivity index (χ3v) is 16.2. The van der Waals surface area contributed by atoms with Crippen LogP contribution < -0.4 is 59.7 Å². The fourth-order valence-corrected chi connectivity index (χ4v) is 11.0. The number of fused-ring (bicyclic) bond motifs is 1. The van der Waals surface area contributed by atoms with Crippen LogP contribution in [-0.2, 0) is 83.2 Å². The van der Waals surface area contributed by atoms with Gasteiger partial charge in [-0.05, 0) is 103 Å². The molecule has 0 spiro atoms. The number of hydrogen-bond acceptors (Lipinski definition) is 16. The van der Waals surface area contributed by atoms with Gasteiger partial charge in [0.25, 0.3) is 0 Å². The number of carboxylic acid groups (broad SMARTS) is 2. The van der Waals surface area contributed by atoms with Gasteiger partial charge < -0.3 is 90.0 Å².